The molecule has 0 aromatic heterocycles. The van der Waals surface area contributed by atoms with E-state index in [0.717, 1.165) is 117 Å². The van der Waals surface area contributed by atoms with Crippen molar-refractivity contribution >= 4 is 100 Å². The molecule has 2 atom stereocenters. The average molecular weight is 1740 g/mol. The molecule has 32 heteroatoms. The predicted molar refractivity (Wildman–Crippen MR) is 472 cm³/mol. The minimum absolute atomic E-state index is 0.0353. The Morgan fingerprint density at radius 3 is 1.47 bits per heavy atom. The first-order valence-corrected chi connectivity index (χ1v) is 41.8. The molecule has 5 aliphatic rings. The summed E-state index contributed by atoms with van der Waals surface area (Å²) in [7, 11) is 0. The van der Waals surface area contributed by atoms with E-state index in [2.05, 4.69) is 99.2 Å². The summed E-state index contributed by atoms with van der Waals surface area (Å²) in [5.74, 6) is 3.97. The number of hydrogen-bond donors (Lipinski definition) is 0. The molecule has 0 radical (unpaired) electrons. The van der Waals surface area contributed by atoms with E-state index in [1.807, 2.05) is 39.2 Å². The molecular weight excluding hydrogens is 1630 g/mol. The van der Waals surface area contributed by atoms with Crippen LogP contribution in [0.3, 0.4) is 0 Å². The van der Waals surface area contributed by atoms with Crippen molar-refractivity contribution in [3.8, 4) is 54.8 Å². The lowest BCUT2D eigenvalue weighted by atomic mass is 9.76. The van der Waals surface area contributed by atoms with Crippen LogP contribution in [0.2, 0.25) is 0 Å². The number of hydrogen-bond acceptors (Lipinski definition) is 32. The number of benzene rings is 6. The molecule has 0 amide bonds. The topological polar surface area (TPSA) is 492 Å². The lowest BCUT2D eigenvalue weighted by Gasteiger charge is -2.32. The number of nitriles is 6. The fraction of sp³-hybridized carbons (Fsp3) is 0.479. The van der Waals surface area contributed by atoms with Crippen LogP contribution in [0.1, 0.15) is 225 Å². The van der Waals surface area contributed by atoms with Crippen molar-refractivity contribution in [3.63, 3.8) is 0 Å². The van der Waals surface area contributed by atoms with E-state index in [4.69, 9.17) is 50.5 Å². The lowest BCUT2D eigenvalue weighted by Crippen LogP contribution is -2.30. The number of rotatable bonds is 23. The van der Waals surface area contributed by atoms with Crippen LogP contribution in [0.15, 0.2) is 171 Å². The van der Waals surface area contributed by atoms with Gasteiger partial charge >= 0.3 is 0 Å². The van der Waals surface area contributed by atoms with Gasteiger partial charge in [0.05, 0.1) is 57.6 Å². The molecule has 6 aromatic carbocycles. The number of unbranched alkanes of at least 4 members (excludes halogenated alkanes) is 1. The number of carbonyl (C=O) groups excluding carboxylic acids is 10. The first-order valence-electron chi connectivity index (χ1n) is 41.8. The van der Waals surface area contributed by atoms with Gasteiger partial charge in [-0.25, -0.2) is 62.9 Å². The third-order valence-corrected chi connectivity index (χ3v) is 22.0. The minimum Gasteiger partial charge on any atom is -0.427 e. The Morgan fingerprint density at radius 1 is 0.430 bits per heavy atom. The van der Waals surface area contributed by atoms with Gasteiger partial charge < -0.3 is 28.4 Å². The summed E-state index contributed by atoms with van der Waals surface area (Å²) in [6.07, 6.45) is 51.3. The highest BCUT2D eigenvalue weighted by Crippen LogP contribution is 2.39. The molecule has 2 unspecified atom stereocenters. The second-order valence-corrected chi connectivity index (χ2v) is 32.0. The van der Waals surface area contributed by atoms with Crippen LogP contribution in [0, 0.1) is 107 Å². The Morgan fingerprint density at radius 2 is 0.922 bits per heavy atom. The number of isocyanates is 10. The molecule has 128 heavy (non-hydrogen) atoms. The van der Waals surface area contributed by atoms with E-state index >= 15 is 0 Å². The van der Waals surface area contributed by atoms with Crippen LogP contribution in [0.4, 0.5) is 28.4 Å². The summed E-state index contributed by atoms with van der Waals surface area (Å²) in [6, 6.07) is 35.3. The second kappa shape index (κ2) is 62.3. The third-order valence-electron chi connectivity index (χ3n) is 22.0. The molecule has 5 saturated carbocycles. The monoisotopic (exact) mass is 1740 g/mol. The van der Waals surface area contributed by atoms with Crippen LogP contribution in [0.25, 0.3) is 10.8 Å². The van der Waals surface area contributed by atoms with Gasteiger partial charge in [0.15, 0.2) is 0 Å². The molecule has 0 spiro atoms. The normalized spacial score (nSPS) is 19.2. The molecule has 0 N–H and O–H groups in total. The Kier molecular flexibility index (Phi) is 52.2. The van der Waals surface area contributed by atoms with Crippen molar-refractivity contribution in [2.45, 2.75) is 263 Å². The highest BCUT2D eigenvalue weighted by molar-refractivity contribution is 5.97. The summed E-state index contributed by atoms with van der Waals surface area (Å²) >= 11 is 0. The largest absolute Gasteiger partial charge is 0.427 e. The van der Waals surface area contributed by atoms with Crippen LogP contribution in [-0.4, -0.2) is 103 Å². The lowest BCUT2D eigenvalue weighted by molar-refractivity contribution is 0.0915. The number of ether oxygens (including phenoxy) is 6. The van der Waals surface area contributed by atoms with E-state index in [1.165, 1.54) is 119 Å². The van der Waals surface area contributed by atoms with E-state index in [-0.39, 0.29) is 41.3 Å². The molecule has 5 aliphatic carbocycles. The zero-order valence-corrected chi connectivity index (χ0v) is 73.6. The van der Waals surface area contributed by atoms with Gasteiger partial charge in [0.1, 0.15) is 36.1 Å². The maximum Gasteiger partial charge on any atom is 0.292 e. The van der Waals surface area contributed by atoms with Crippen molar-refractivity contribution in [2.75, 3.05) is 6.61 Å². The van der Waals surface area contributed by atoms with Gasteiger partial charge in [-0.1, -0.05) is 114 Å². The van der Waals surface area contributed by atoms with Crippen LogP contribution in [0.5, 0.6) is 17.2 Å². The van der Waals surface area contributed by atoms with Crippen molar-refractivity contribution < 1.29 is 76.4 Å². The van der Waals surface area contributed by atoms with Gasteiger partial charge in [0.25, 0.3) is 37.5 Å². The quantitative estimate of drug-likeness (QED) is 0.0326. The molecule has 0 aliphatic heterocycles. The van der Waals surface area contributed by atoms with Gasteiger partial charge in [-0.2, -0.15) is 50.7 Å². The molecule has 5 fully saturated rings. The molecular formula is C96H106N16O16. The summed E-state index contributed by atoms with van der Waals surface area (Å²) in [5.41, 5.74) is 5.49. The smallest absolute Gasteiger partial charge is 0.292 e. The van der Waals surface area contributed by atoms with E-state index < -0.39 is 5.54 Å². The van der Waals surface area contributed by atoms with Gasteiger partial charge in [-0.3, -0.25) is 0 Å². The van der Waals surface area contributed by atoms with Crippen LogP contribution < -0.4 is 14.2 Å². The molecule has 0 heterocycles. The van der Waals surface area contributed by atoms with Crippen LogP contribution >= 0.6 is 0 Å². The first-order chi connectivity index (χ1) is 61.8. The van der Waals surface area contributed by atoms with Gasteiger partial charge in [0.2, 0.25) is 60.8 Å². The standard InChI is InChI=1S/C15H22N2O2.C14H19NO.C12H6N2O2.C11H19NO.C10H14N2O2.2C9H6N2O2.C8H10N2O2.C8H4N2O2/c16-10-19-15-7-3-13(4-8-15)9-12-1-5-14(6-2-12)17-11-18;1-13(2,3)11-7-6-8-12(9-11)14(4,5)15-10-16;13-7-16-12-6-2-3-9-10(12)4-1-5-11(9)14-8-15;1-2-3-6-10-7-4-5-8-11(10)12-9-13;1-10(12-8-13)4-2-9(3-5-10)6-14-7-11;1-7-2-3-8(10-5-12)4-9(7)11-6-13;1-7-8(11-6-12)3-2-4-9(7)13-5-10;2*9-5-12-8-3-1-7(2-4-8)10-6-11/h12-15H,1-9H2;6-9H,1-5H3;1-6H;10-11H,2-8H2,1H3;9H,2-6H2,1H3;2*2-4H,1H3;7-8H,1-4H2;1-4H. The highest BCUT2D eigenvalue weighted by Gasteiger charge is 2.32. The highest BCUT2D eigenvalue weighted by atomic mass is 16.5. The summed E-state index contributed by atoms with van der Waals surface area (Å²) in [6.45, 7) is 18.5. The fourth-order valence-corrected chi connectivity index (χ4v) is 14.7. The maximum absolute atomic E-state index is 10.4. The number of fused-ring (bicyclic) bond motifs is 1. The molecule has 32 nitrogen and oxygen atoms in total. The molecule has 0 saturated heterocycles. The number of aryl methyl sites for hydroxylation is 1. The van der Waals surface area contributed by atoms with Gasteiger partial charge in [-0.15, -0.1) is 15.8 Å². The molecule has 666 valence electrons. The van der Waals surface area contributed by atoms with E-state index in [9.17, 15) is 47.9 Å². The third kappa shape index (κ3) is 41.5. The van der Waals surface area contributed by atoms with Crippen molar-refractivity contribution in [1.82, 2.24) is 0 Å². The Balaban J connectivity index is 0.000000373. The zero-order chi connectivity index (χ0) is 94.2. The number of nitrogens with zero attached hydrogens (tertiary/aromatic N) is 16. The predicted octanol–water partition coefficient (Wildman–Crippen LogP) is 20.8. The Bertz CT molecular complexity index is 5270. The Hall–Kier alpha value is -14.9. The minimum atomic E-state index is -0.497. The summed E-state index contributed by atoms with van der Waals surface area (Å²) in [4.78, 5) is 137. The van der Waals surface area contributed by atoms with Crippen molar-refractivity contribution in [2.24, 2.45) is 73.6 Å². The van der Waals surface area contributed by atoms with E-state index in [1.54, 1.807) is 160 Å². The molecule has 11 rings (SSSR count). The Labute approximate surface area is 746 Å². The first kappa shape index (κ1) is 107. The maximum atomic E-state index is 10.4. The summed E-state index contributed by atoms with van der Waals surface area (Å²) < 4.78 is 28.5. The van der Waals surface area contributed by atoms with Crippen LogP contribution in [-0.2, 0) is 73.1 Å². The fourth-order valence-electron chi connectivity index (χ4n) is 14.7. The van der Waals surface area contributed by atoms with Crippen molar-refractivity contribution in [1.29, 1.82) is 31.6 Å². The zero-order valence-electron chi connectivity index (χ0n) is 73.6. The molecule has 6 aromatic rings. The summed E-state index contributed by atoms with van der Waals surface area (Å²) in [5, 5.41) is 51.4. The average Bonchev–Trinajstić information content (AvgIpc) is 0.816. The molecule has 0 bridgehead atoms. The van der Waals surface area contributed by atoms with Crippen molar-refractivity contribution in [3.05, 3.63) is 144 Å². The van der Waals surface area contributed by atoms with E-state index in [0.29, 0.717) is 69.7 Å². The van der Waals surface area contributed by atoms with Gasteiger partial charge in [-0.05, 0) is 269 Å². The SMILES string of the molecule is CC(C)(C)c1cccc(C(C)(C)N=C=O)c1.CC1(N=C=O)CCC(COC#N)CC1.CCCCC1CCCCC1N=C=O.Cc1c(N=C=O)cccc1OC#N.Cc1ccc(N=C=O)cc1N=C=O.N#COC1CCC(CC2CCC(N=C=O)CC2)CC1.N#COC1CCC(N=C=O)CC1.N#COc1ccc(N=C=O)cc1.N#COc1cccc2c(N=C=O)cccc12. The number of aliphatic imine (C=N–C) groups is 10. The van der Waals surface area contributed by atoms with Gasteiger partial charge in [0, 0.05) is 16.3 Å². The second-order valence-electron chi connectivity index (χ2n) is 32.0.